The minimum Gasteiger partial charge on any atom is -0.456 e. The average molecular weight is 844 g/mol. The van der Waals surface area contributed by atoms with Gasteiger partial charge in [-0.3, -0.25) is 0 Å². The number of thiophene rings is 1. The van der Waals surface area contributed by atoms with E-state index >= 15 is 0 Å². The van der Waals surface area contributed by atoms with Crippen LogP contribution in [0.4, 0.5) is 11.4 Å². The molecule has 2 aliphatic rings. The summed E-state index contributed by atoms with van der Waals surface area (Å²) in [7, 11) is 2.47. The van der Waals surface area contributed by atoms with Crippen LogP contribution >= 0.6 is 11.3 Å². The van der Waals surface area contributed by atoms with E-state index in [1.165, 1.54) is 97.5 Å². The van der Waals surface area contributed by atoms with Crippen LogP contribution in [0.15, 0.2) is 144 Å². The lowest BCUT2D eigenvalue weighted by Gasteiger charge is -2.24. The standard InChI is InChI=1S/C59H48BN2OS/c1-57(2,3)32-17-20-34(21-18-32)61-46-29-41-40-27-33(58(4,5)6)19-26-49(40)63-50(41)30-39(46)36-22-23-38-54-47(25-24-44-53(54)37-14-9-11-15-43(37)59(44,7)8)62-48-31-52-42(28-45(48)60-55(36)56(38)62)35-13-10-12-16-51(35)64-52/h9-31,61H,1-8H3. The number of nitrogens with zero attached hydrogens (tertiary/aromatic N) is 1. The van der Waals surface area contributed by atoms with Crippen LogP contribution in [0.3, 0.4) is 0 Å². The molecule has 3 aromatic heterocycles. The normalized spacial score (nSPS) is 14.2. The van der Waals surface area contributed by atoms with Crippen molar-refractivity contribution in [2.75, 3.05) is 5.32 Å². The maximum absolute atomic E-state index is 6.78. The quantitative estimate of drug-likeness (QED) is 0.180. The van der Waals surface area contributed by atoms with Gasteiger partial charge in [-0.2, -0.15) is 0 Å². The predicted molar refractivity (Wildman–Crippen MR) is 276 cm³/mol. The summed E-state index contributed by atoms with van der Waals surface area (Å²) in [6.07, 6.45) is 0. The molecule has 1 radical (unpaired) electrons. The molecule has 11 aromatic rings. The molecule has 0 fully saturated rings. The maximum atomic E-state index is 6.78. The van der Waals surface area contributed by atoms with Gasteiger partial charge in [-0.1, -0.05) is 146 Å². The molecule has 0 bridgehead atoms. The van der Waals surface area contributed by atoms with Crippen LogP contribution in [0.1, 0.15) is 77.6 Å². The second-order valence-electron chi connectivity index (χ2n) is 20.9. The summed E-state index contributed by atoms with van der Waals surface area (Å²) < 4.78 is 12.0. The molecule has 5 heteroatoms. The van der Waals surface area contributed by atoms with Gasteiger partial charge < -0.3 is 14.3 Å². The third-order valence-electron chi connectivity index (χ3n) is 14.5. The van der Waals surface area contributed by atoms with Gasteiger partial charge >= 0.3 is 0 Å². The van der Waals surface area contributed by atoms with E-state index in [0.29, 0.717) is 0 Å². The molecule has 3 nitrogen and oxygen atoms in total. The number of anilines is 2. The Hall–Kier alpha value is -6.56. The maximum Gasteiger partial charge on any atom is 0.197 e. The molecule has 0 saturated heterocycles. The topological polar surface area (TPSA) is 30.1 Å². The van der Waals surface area contributed by atoms with E-state index in [9.17, 15) is 0 Å². The molecule has 0 amide bonds. The highest BCUT2D eigenvalue weighted by molar-refractivity contribution is 7.25. The first-order chi connectivity index (χ1) is 30.7. The van der Waals surface area contributed by atoms with Gasteiger partial charge in [0.1, 0.15) is 11.2 Å². The van der Waals surface area contributed by atoms with Gasteiger partial charge in [-0.25, -0.2) is 0 Å². The predicted octanol–water partition coefficient (Wildman–Crippen LogP) is 15.3. The van der Waals surface area contributed by atoms with Crippen molar-refractivity contribution in [2.45, 2.75) is 71.6 Å². The number of fused-ring (bicyclic) bond motifs is 15. The Morgan fingerprint density at radius 1 is 0.578 bits per heavy atom. The van der Waals surface area contributed by atoms with Crippen molar-refractivity contribution in [1.29, 1.82) is 0 Å². The Balaban J connectivity index is 1.12. The van der Waals surface area contributed by atoms with Gasteiger partial charge in [-0.05, 0) is 115 Å². The van der Waals surface area contributed by atoms with Crippen molar-refractivity contribution >= 4 is 105 Å². The van der Waals surface area contributed by atoms with Crippen LogP contribution in [0, 0.1) is 0 Å². The van der Waals surface area contributed by atoms with Gasteiger partial charge in [0.2, 0.25) is 0 Å². The van der Waals surface area contributed by atoms with Crippen molar-refractivity contribution < 1.29 is 4.42 Å². The molecule has 0 spiro atoms. The molecule has 0 unspecified atom stereocenters. The molecule has 4 heterocycles. The Bertz CT molecular complexity index is 3830. The van der Waals surface area contributed by atoms with E-state index in [1.54, 1.807) is 0 Å². The number of furan rings is 1. The molecule has 1 N–H and O–H groups in total. The minimum absolute atomic E-state index is 0.00902. The van der Waals surface area contributed by atoms with Crippen LogP contribution < -0.4 is 16.2 Å². The van der Waals surface area contributed by atoms with Gasteiger partial charge in [0.05, 0.1) is 5.52 Å². The summed E-state index contributed by atoms with van der Waals surface area (Å²) in [4.78, 5) is 0. The van der Waals surface area contributed by atoms with Crippen molar-refractivity contribution in [3.63, 3.8) is 0 Å². The van der Waals surface area contributed by atoms with E-state index in [2.05, 4.69) is 212 Å². The first-order valence-electron chi connectivity index (χ1n) is 22.7. The van der Waals surface area contributed by atoms with Crippen molar-refractivity contribution in [3.8, 4) is 27.9 Å². The molecule has 0 saturated carbocycles. The Kier molecular flexibility index (Phi) is 7.59. The van der Waals surface area contributed by atoms with Crippen LogP contribution in [0.5, 0.6) is 0 Å². The molecule has 8 aromatic carbocycles. The lowest BCUT2D eigenvalue weighted by molar-refractivity contribution is 0.590. The van der Waals surface area contributed by atoms with Crippen molar-refractivity contribution in [1.82, 2.24) is 4.57 Å². The zero-order valence-corrected chi connectivity index (χ0v) is 38.4. The largest absolute Gasteiger partial charge is 0.456 e. The average Bonchev–Trinajstić information content (AvgIpc) is 3.99. The summed E-state index contributed by atoms with van der Waals surface area (Å²) in [6.45, 7) is 18.4. The second kappa shape index (κ2) is 12.8. The second-order valence-corrected chi connectivity index (χ2v) is 22.0. The third kappa shape index (κ3) is 5.28. The van der Waals surface area contributed by atoms with Crippen molar-refractivity contribution in [2.24, 2.45) is 0 Å². The van der Waals surface area contributed by atoms with Gasteiger partial charge in [0.15, 0.2) is 7.28 Å². The zero-order chi connectivity index (χ0) is 43.6. The van der Waals surface area contributed by atoms with E-state index in [-0.39, 0.29) is 16.2 Å². The Morgan fingerprint density at radius 2 is 1.33 bits per heavy atom. The zero-order valence-electron chi connectivity index (χ0n) is 37.6. The highest BCUT2D eigenvalue weighted by Gasteiger charge is 2.38. The van der Waals surface area contributed by atoms with Crippen LogP contribution in [0.2, 0.25) is 0 Å². The first kappa shape index (κ1) is 38.0. The van der Waals surface area contributed by atoms with E-state index in [4.69, 9.17) is 4.42 Å². The number of benzene rings is 8. The lowest BCUT2D eigenvalue weighted by Crippen LogP contribution is -2.37. The molecule has 309 valence electrons. The fourth-order valence-corrected chi connectivity index (χ4v) is 12.2. The molecule has 13 rings (SSSR count). The van der Waals surface area contributed by atoms with Crippen LogP contribution in [-0.4, -0.2) is 11.8 Å². The van der Waals surface area contributed by atoms with Crippen LogP contribution in [-0.2, 0) is 16.2 Å². The smallest absolute Gasteiger partial charge is 0.197 e. The number of aromatic nitrogens is 1. The first-order valence-corrected chi connectivity index (χ1v) is 23.5. The summed E-state index contributed by atoms with van der Waals surface area (Å²) >= 11 is 1.89. The highest BCUT2D eigenvalue weighted by atomic mass is 32.1. The molecule has 1 aliphatic carbocycles. The summed E-state index contributed by atoms with van der Waals surface area (Å²) in [5, 5.41) is 11.4. The van der Waals surface area contributed by atoms with Gasteiger partial charge in [-0.15, -0.1) is 11.3 Å². The third-order valence-corrected chi connectivity index (χ3v) is 15.7. The highest BCUT2D eigenvalue weighted by Crippen LogP contribution is 2.54. The molecular formula is C59H48BN2OS. The summed E-state index contributed by atoms with van der Waals surface area (Å²) in [6, 6.07) is 52.7. The number of nitrogens with one attached hydrogen (secondary N) is 1. The summed E-state index contributed by atoms with van der Waals surface area (Å²) in [5.41, 5.74) is 20.4. The van der Waals surface area contributed by atoms with E-state index in [1.807, 2.05) is 11.3 Å². The van der Waals surface area contributed by atoms with E-state index < -0.39 is 0 Å². The van der Waals surface area contributed by atoms with Crippen LogP contribution in [0.25, 0.3) is 91.9 Å². The van der Waals surface area contributed by atoms with E-state index in [0.717, 1.165) is 38.9 Å². The molecular weight excluding hydrogens is 796 g/mol. The molecule has 0 atom stereocenters. The fraction of sp³-hybridized carbons (Fsp3) is 0.186. The SMILES string of the molecule is CC(C)(C)c1ccc(Nc2cc3c(cc2-c2ccc4c5c6c(ccc5n5c4c2[B]c2cc4c(cc2-5)sc2ccccc24)C(C)(C)c2ccccc2-6)oc2ccc(C(C)(C)C)cc23)cc1. The molecule has 1 aliphatic heterocycles. The Labute approximate surface area is 378 Å². The van der Waals surface area contributed by atoms with Crippen molar-refractivity contribution in [3.05, 3.63) is 162 Å². The number of hydrogen-bond acceptors (Lipinski definition) is 3. The lowest BCUT2D eigenvalue weighted by atomic mass is 9.59. The number of hydrogen-bond donors (Lipinski definition) is 1. The molecule has 64 heavy (non-hydrogen) atoms. The monoisotopic (exact) mass is 843 g/mol. The number of rotatable bonds is 3. The van der Waals surface area contributed by atoms with Gasteiger partial charge in [0.25, 0.3) is 0 Å². The summed E-state index contributed by atoms with van der Waals surface area (Å²) in [5.74, 6) is 0. The minimum atomic E-state index is -0.105. The Morgan fingerprint density at radius 3 is 2.14 bits per heavy atom. The van der Waals surface area contributed by atoms with Gasteiger partial charge in [0, 0.05) is 69.9 Å². The fourth-order valence-electron chi connectivity index (χ4n) is 11.1.